The Labute approximate surface area is 215 Å². The van der Waals surface area contributed by atoms with Crippen molar-refractivity contribution in [2.24, 2.45) is 0 Å². The van der Waals surface area contributed by atoms with Crippen LogP contribution in [0.2, 0.25) is 15.1 Å². The molecule has 0 aliphatic carbocycles. The predicted molar refractivity (Wildman–Crippen MR) is 138 cm³/mol. The Hall–Kier alpha value is -2.95. The highest BCUT2D eigenvalue weighted by Crippen LogP contribution is 2.42. The van der Waals surface area contributed by atoms with Gasteiger partial charge in [-0.3, -0.25) is 14.5 Å². The van der Waals surface area contributed by atoms with Gasteiger partial charge >= 0.3 is 0 Å². The average molecular weight is 529 g/mol. The van der Waals surface area contributed by atoms with Gasteiger partial charge < -0.3 is 5.32 Å². The molecular weight excluding hydrogens is 513 g/mol. The minimum atomic E-state index is -0.619. The van der Waals surface area contributed by atoms with Crippen molar-refractivity contribution in [3.05, 3.63) is 104 Å². The van der Waals surface area contributed by atoms with Gasteiger partial charge in [-0.2, -0.15) is 5.26 Å². The van der Waals surface area contributed by atoms with Crippen molar-refractivity contribution in [3.8, 4) is 6.07 Å². The number of halogens is 3. The number of nitrogens with one attached hydrogen (secondary N) is 1. The van der Waals surface area contributed by atoms with E-state index in [2.05, 4.69) is 5.32 Å². The number of carbonyl (C=O) groups is 2. The molecule has 5 nitrogen and oxygen atoms in total. The third-order valence-electron chi connectivity index (χ3n) is 5.03. The molecule has 0 radical (unpaired) electrons. The SMILES string of the molecule is N#C/C(C(=O)Nc1ccc(Cl)cc1)=C1/S[C@H](Cc2ccc(Cl)cc2)C(=O)N1c1ccc(Cl)cc1. The van der Waals surface area contributed by atoms with Gasteiger partial charge in [-0.05, 0) is 72.6 Å². The zero-order valence-corrected chi connectivity index (χ0v) is 20.6. The number of carbonyl (C=O) groups excluding carboxylic acids is 2. The second kappa shape index (κ2) is 10.5. The maximum absolute atomic E-state index is 13.5. The zero-order valence-electron chi connectivity index (χ0n) is 17.5. The van der Waals surface area contributed by atoms with Crippen molar-refractivity contribution in [2.75, 3.05) is 10.2 Å². The van der Waals surface area contributed by atoms with Gasteiger partial charge in [0.1, 0.15) is 16.7 Å². The summed E-state index contributed by atoms with van der Waals surface area (Å²) in [5.74, 6) is -0.851. The highest BCUT2D eigenvalue weighted by atomic mass is 35.5. The lowest BCUT2D eigenvalue weighted by molar-refractivity contribution is -0.117. The number of hydrogen-bond donors (Lipinski definition) is 1. The van der Waals surface area contributed by atoms with Gasteiger partial charge in [-0.15, -0.1) is 0 Å². The fourth-order valence-electron chi connectivity index (χ4n) is 3.37. The molecule has 1 fully saturated rings. The van der Waals surface area contributed by atoms with Gasteiger partial charge in [0.25, 0.3) is 5.91 Å². The first-order valence-corrected chi connectivity index (χ1v) is 12.1. The van der Waals surface area contributed by atoms with Gasteiger partial charge in [0.05, 0.1) is 5.25 Å². The average Bonchev–Trinajstić information content (AvgIpc) is 3.13. The van der Waals surface area contributed by atoms with E-state index in [-0.39, 0.29) is 16.5 Å². The molecule has 1 aliphatic rings. The molecular formula is C25H16Cl3N3O2S. The van der Waals surface area contributed by atoms with E-state index in [0.717, 1.165) is 5.56 Å². The van der Waals surface area contributed by atoms with E-state index in [1.165, 1.54) is 16.7 Å². The Morgan fingerprint density at radius 3 is 2.00 bits per heavy atom. The monoisotopic (exact) mass is 527 g/mol. The molecule has 1 aliphatic heterocycles. The van der Waals surface area contributed by atoms with Gasteiger partial charge in [-0.25, -0.2) is 0 Å². The standard InChI is InChI=1S/C25H16Cl3N3O2S/c26-16-3-1-15(2-4-16)13-22-24(33)31(20-11-7-18(28)8-12-20)25(34-22)21(14-29)23(32)30-19-9-5-17(27)6-10-19/h1-12,22H,13H2,(H,30,32)/b25-21-/t22-/m1/s1. The fourth-order valence-corrected chi connectivity index (χ4v) is 5.06. The Balaban J connectivity index is 1.71. The number of rotatable bonds is 5. The topological polar surface area (TPSA) is 73.2 Å². The molecule has 0 spiro atoms. The number of benzene rings is 3. The maximum atomic E-state index is 13.5. The van der Waals surface area contributed by atoms with Crippen LogP contribution in [0.15, 0.2) is 83.4 Å². The smallest absolute Gasteiger partial charge is 0.269 e. The molecule has 1 atom stereocenters. The quantitative estimate of drug-likeness (QED) is 0.295. The molecule has 1 heterocycles. The molecule has 0 unspecified atom stereocenters. The van der Waals surface area contributed by atoms with E-state index in [0.29, 0.717) is 32.9 Å². The lowest BCUT2D eigenvalue weighted by Gasteiger charge is -2.19. The fraction of sp³-hybridized carbons (Fsp3) is 0.0800. The summed E-state index contributed by atoms with van der Waals surface area (Å²) >= 11 is 19.1. The molecule has 0 aromatic heterocycles. The Kier molecular flexibility index (Phi) is 7.50. The molecule has 4 rings (SSSR count). The number of nitrogens with zero attached hydrogens (tertiary/aromatic N) is 2. The molecule has 3 aromatic carbocycles. The zero-order chi connectivity index (χ0) is 24.2. The Morgan fingerprint density at radius 1 is 0.912 bits per heavy atom. The summed E-state index contributed by atoms with van der Waals surface area (Å²) < 4.78 is 0. The van der Waals surface area contributed by atoms with E-state index in [1.54, 1.807) is 60.7 Å². The Bertz CT molecular complexity index is 1300. The number of nitriles is 1. The molecule has 0 bridgehead atoms. The van der Waals surface area contributed by atoms with Crippen LogP contribution >= 0.6 is 46.6 Å². The summed E-state index contributed by atoms with van der Waals surface area (Å²) in [4.78, 5) is 27.9. The van der Waals surface area contributed by atoms with Crippen LogP contribution in [0.3, 0.4) is 0 Å². The second-order valence-corrected chi connectivity index (χ2v) is 9.84. The number of amides is 2. The van der Waals surface area contributed by atoms with Crippen LogP contribution in [-0.2, 0) is 16.0 Å². The molecule has 170 valence electrons. The molecule has 9 heteroatoms. The van der Waals surface area contributed by atoms with Gasteiger partial charge in [0, 0.05) is 26.4 Å². The number of thioether (sulfide) groups is 1. The number of hydrogen-bond acceptors (Lipinski definition) is 4. The van der Waals surface area contributed by atoms with Crippen molar-refractivity contribution >= 4 is 69.8 Å². The highest BCUT2D eigenvalue weighted by molar-refractivity contribution is 8.05. The minimum absolute atomic E-state index is 0.165. The van der Waals surface area contributed by atoms with Crippen LogP contribution in [-0.4, -0.2) is 17.1 Å². The molecule has 34 heavy (non-hydrogen) atoms. The van der Waals surface area contributed by atoms with Gasteiger partial charge in [0.15, 0.2) is 0 Å². The lowest BCUT2D eigenvalue weighted by atomic mass is 10.1. The van der Waals surface area contributed by atoms with E-state index in [1.807, 2.05) is 18.2 Å². The van der Waals surface area contributed by atoms with Gasteiger partial charge in [-0.1, -0.05) is 58.7 Å². The third-order valence-corrected chi connectivity index (χ3v) is 7.05. The normalized spacial score (nSPS) is 16.8. The Morgan fingerprint density at radius 2 is 1.44 bits per heavy atom. The lowest BCUT2D eigenvalue weighted by Crippen LogP contribution is -2.30. The van der Waals surface area contributed by atoms with Crippen LogP contribution in [0.25, 0.3) is 0 Å². The van der Waals surface area contributed by atoms with E-state index < -0.39 is 11.2 Å². The van der Waals surface area contributed by atoms with Crippen molar-refractivity contribution in [3.63, 3.8) is 0 Å². The maximum Gasteiger partial charge on any atom is 0.269 e. The number of anilines is 2. The molecule has 3 aromatic rings. The first-order valence-electron chi connectivity index (χ1n) is 10.1. The first kappa shape index (κ1) is 24.2. The largest absolute Gasteiger partial charge is 0.321 e. The van der Waals surface area contributed by atoms with Crippen LogP contribution in [0.1, 0.15) is 5.56 Å². The van der Waals surface area contributed by atoms with E-state index in [4.69, 9.17) is 34.8 Å². The molecule has 2 amide bonds. The second-order valence-electron chi connectivity index (χ2n) is 7.34. The predicted octanol–water partition coefficient (Wildman–Crippen LogP) is 6.71. The summed E-state index contributed by atoms with van der Waals surface area (Å²) in [5.41, 5.74) is 1.74. The summed E-state index contributed by atoms with van der Waals surface area (Å²) in [6.45, 7) is 0. The van der Waals surface area contributed by atoms with Crippen LogP contribution < -0.4 is 10.2 Å². The minimum Gasteiger partial charge on any atom is -0.321 e. The highest BCUT2D eigenvalue weighted by Gasteiger charge is 2.40. The van der Waals surface area contributed by atoms with Gasteiger partial charge in [0.2, 0.25) is 5.91 Å². The van der Waals surface area contributed by atoms with E-state index >= 15 is 0 Å². The van der Waals surface area contributed by atoms with Crippen molar-refractivity contribution in [2.45, 2.75) is 11.7 Å². The molecule has 0 saturated carbocycles. The third kappa shape index (κ3) is 5.40. The molecule has 1 N–H and O–H groups in total. The van der Waals surface area contributed by atoms with Crippen molar-refractivity contribution in [1.29, 1.82) is 5.26 Å². The van der Waals surface area contributed by atoms with E-state index in [9.17, 15) is 14.9 Å². The summed E-state index contributed by atoms with van der Waals surface area (Å²) in [7, 11) is 0. The van der Waals surface area contributed by atoms with Crippen LogP contribution in [0, 0.1) is 11.3 Å². The van der Waals surface area contributed by atoms with Crippen LogP contribution in [0.4, 0.5) is 11.4 Å². The van der Waals surface area contributed by atoms with Crippen molar-refractivity contribution < 1.29 is 9.59 Å². The first-order chi connectivity index (χ1) is 16.4. The van der Waals surface area contributed by atoms with Crippen molar-refractivity contribution in [1.82, 2.24) is 0 Å². The summed E-state index contributed by atoms with van der Waals surface area (Å²) in [6, 6.07) is 22.4. The molecule has 1 saturated heterocycles. The van der Waals surface area contributed by atoms with Crippen LogP contribution in [0.5, 0.6) is 0 Å². The summed E-state index contributed by atoms with van der Waals surface area (Å²) in [5, 5.41) is 14.0. The summed E-state index contributed by atoms with van der Waals surface area (Å²) in [6.07, 6.45) is 0.409.